The molecule has 1 aliphatic carbocycles. The van der Waals surface area contributed by atoms with Crippen LogP contribution in [-0.2, 0) is 14.8 Å². The maximum Gasteiger partial charge on any atom is 0.244 e. The fourth-order valence-electron chi connectivity index (χ4n) is 4.90. The number of nitrogens with zero attached hydrogens (tertiary/aromatic N) is 2. The number of nitriles is 1. The van der Waals surface area contributed by atoms with E-state index in [1.54, 1.807) is 12.1 Å². The quantitative estimate of drug-likeness (QED) is 0.749. The zero-order valence-electron chi connectivity index (χ0n) is 18.1. The predicted molar refractivity (Wildman–Crippen MR) is 122 cm³/mol. The van der Waals surface area contributed by atoms with Crippen LogP contribution >= 0.6 is 0 Å². The first-order valence-electron chi connectivity index (χ1n) is 11.3. The maximum absolute atomic E-state index is 13.0. The molecule has 0 aromatic heterocycles. The molecule has 6 nitrogen and oxygen atoms in total. The van der Waals surface area contributed by atoms with E-state index in [2.05, 4.69) is 29.6 Å². The number of nitrogens with one attached hydrogen (secondary N) is 1. The molecular weight excluding hydrogens is 422 g/mol. The summed E-state index contributed by atoms with van der Waals surface area (Å²) >= 11 is 0. The van der Waals surface area contributed by atoms with Crippen molar-refractivity contribution in [2.45, 2.75) is 55.4 Å². The van der Waals surface area contributed by atoms with Gasteiger partial charge in [-0.3, -0.25) is 4.79 Å². The van der Waals surface area contributed by atoms with Crippen molar-refractivity contribution in [3.8, 4) is 6.07 Å². The number of piperidine rings is 1. The average Bonchev–Trinajstić information content (AvgIpc) is 2.85. The Morgan fingerprint density at radius 2 is 1.53 bits per heavy atom. The van der Waals surface area contributed by atoms with Crippen molar-refractivity contribution in [1.82, 2.24) is 9.62 Å². The first-order chi connectivity index (χ1) is 15.5. The Kier molecular flexibility index (Phi) is 6.92. The van der Waals surface area contributed by atoms with Crippen molar-refractivity contribution >= 4 is 15.9 Å². The molecule has 1 saturated carbocycles. The van der Waals surface area contributed by atoms with Gasteiger partial charge in [0.15, 0.2) is 0 Å². The summed E-state index contributed by atoms with van der Waals surface area (Å²) in [6, 6.07) is 19.0. The lowest BCUT2D eigenvalue weighted by molar-refractivity contribution is -0.127. The summed E-state index contributed by atoms with van der Waals surface area (Å²) in [5, 5.41) is 12.5. The summed E-state index contributed by atoms with van der Waals surface area (Å²) in [5.74, 6) is 0.441. The second-order valence-corrected chi connectivity index (χ2v) is 10.7. The molecule has 0 bridgehead atoms. The third kappa shape index (κ3) is 4.87. The highest BCUT2D eigenvalue weighted by molar-refractivity contribution is 7.89. The molecule has 2 aromatic rings. The predicted octanol–water partition coefficient (Wildman–Crippen LogP) is 3.80. The minimum atomic E-state index is -3.73. The normalized spacial score (nSPS) is 22.7. The van der Waals surface area contributed by atoms with Gasteiger partial charge in [0, 0.05) is 25.0 Å². The highest BCUT2D eigenvalue weighted by Crippen LogP contribution is 2.33. The summed E-state index contributed by atoms with van der Waals surface area (Å²) in [4.78, 5) is 12.9. The van der Waals surface area contributed by atoms with Crippen LogP contribution in [0.1, 0.15) is 55.6 Å². The van der Waals surface area contributed by atoms with Crippen LogP contribution in [0.2, 0.25) is 0 Å². The zero-order valence-corrected chi connectivity index (χ0v) is 18.9. The Bertz CT molecular complexity index is 1080. The number of benzene rings is 2. The van der Waals surface area contributed by atoms with Gasteiger partial charge >= 0.3 is 0 Å². The lowest BCUT2D eigenvalue weighted by atomic mass is 9.81. The standard InChI is InChI=1S/C25H29N3O3S/c26-18-22-8-4-5-9-24(22)32(30,31)28-16-14-21(15-17-28)25(29)27-23-12-10-20(11-13-23)19-6-2-1-3-7-19/h1-9,20-21,23H,10-17H2,(H,27,29). The molecule has 0 radical (unpaired) electrons. The Morgan fingerprint density at radius 1 is 0.906 bits per heavy atom. The van der Waals surface area contributed by atoms with Gasteiger partial charge < -0.3 is 5.32 Å². The van der Waals surface area contributed by atoms with Gasteiger partial charge in [0.1, 0.15) is 6.07 Å². The number of carbonyl (C=O) groups excluding carboxylic acids is 1. The second kappa shape index (κ2) is 9.85. The molecule has 7 heteroatoms. The lowest BCUT2D eigenvalue weighted by Crippen LogP contribution is -2.46. The van der Waals surface area contributed by atoms with Gasteiger partial charge in [-0.15, -0.1) is 0 Å². The maximum atomic E-state index is 13.0. The van der Waals surface area contributed by atoms with E-state index >= 15 is 0 Å². The average molecular weight is 452 g/mol. The Hall–Kier alpha value is -2.69. The van der Waals surface area contributed by atoms with E-state index in [0.717, 1.165) is 25.7 Å². The van der Waals surface area contributed by atoms with Crippen LogP contribution in [0, 0.1) is 17.2 Å². The summed E-state index contributed by atoms with van der Waals surface area (Å²) in [6.45, 7) is 0.585. The number of sulfonamides is 1. The van der Waals surface area contributed by atoms with E-state index in [4.69, 9.17) is 0 Å². The molecule has 2 aromatic carbocycles. The molecule has 0 spiro atoms. The molecule has 1 N–H and O–H groups in total. The smallest absolute Gasteiger partial charge is 0.244 e. The van der Waals surface area contributed by atoms with Crippen LogP contribution in [0.4, 0.5) is 0 Å². The zero-order chi connectivity index (χ0) is 22.6. The Labute approximate surface area is 190 Å². The summed E-state index contributed by atoms with van der Waals surface area (Å²) in [6.07, 6.45) is 5.10. The first-order valence-corrected chi connectivity index (χ1v) is 12.8. The summed E-state index contributed by atoms with van der Waals surface area (Å²) < 4.78 is 27.4. The van der Waals surface area contributed by atoms with Crippen molar-refractivity contribution in [3.63, 3.8) is 0 Å². The second-order valence-electron chi connectivity index (χ2n) is 8.75. The molecular formula is C25H29N3O3S. The van der Waals surface area contributed by atoms with Crippen molar-refractivity contribution in [2.75, 3.05) is 13.1 Å². The van der Waals surface area contributed by atoms with Crippen LogP contribution in [-0.4, -0.2) is 37.8 Å². The molecule has 0 atom stereocenters. The van der Waals surface area contributed by atoms with E-state index in [0.29, 0.717) is 31.8 Å². The van der Waals surface area contributed by atoms with Crippen LogP contribution in [0.15, 0.2) is 59.5 Å². The van der Waals surface area contributed by atoms with Crippen LogP contribution in [0.5, 0.6) is 0 Å². The fraction of sp³-hybridized carbons (Fsp3) is 0.440. The van der Waals surface area contributed by atoms with Gasteiger partial charge in [-0.05, 0) is 62.1 Å². The Morgan fingerprint density at radius 3 is 2.19 bits per heavy atom. The molecule has 32 heavy (non-hydrogen) atoms. The first kappa shape index (κ1) is 22.5. The van der Waals surface area contributed by atoms with Crippen LogP contribution in [0.3, 0.4) is 0 Å². The van der Waals surface area contributed by atoms with E-state index in [9.17, 15) is 18.5 Å². The highest BCUT2D eigenvalue weighted by atomic mass is 32.2. The van der Waals surface area contributed by atoms with Gasteiger partial charge in [0.25, 0.3) is 0 Å². The molecule has 4 rings (SSSR count). The fourth-order valence-corrected chi connectivity index (χ4v) is 6.51. The largest absolute Gasteiger partial charge is 0.353 e. The Balaban J connectivity index is 1.28. The molecule has 2 aliphatic rings. The van der Waals surface area contributed by atoms with E-state index in [-0.39, 0.29) is 28.3 Å². The van der Waals surface area contributed by atoms with Crippen molar-refractivity contribution < 1.29 is 13.2 Å². The summed E-state index contributed by atoms with van der Waals surface area (Å²) in [5.41, 5.74) is 1.53. The topological polar surface area (TPSA) is 90.3 Å². The minimum Gasteiger partial charge on any atom is -0.353 e. The van der Waals surface area contributed by atoms with Crippen molar-refractivity contribution in [3.05, 3.63) is 65.7 Å². The van der Waals surface area contributed by atoms with E-state index in [1.807, 2.05) is 12.1 Å². The van der Waals surface area contributed by atoms with E-state index in [1.165, 1.54) is 22.0 Å². The molecule has 1 aliphatic heterocycles. The van der Waals surface area contributed by atoms with Gasteiger partial charge in [0.05, 0.1) is 10.5 Å². The summed E-state index contributed by atoms with van der Waals surface area (Å²) in [7, 11) is -3.73. The van der Waals surface area contributed by atoms with Crippen molar-refractivity contribution in [2.24, 2.45) is 5.92 Å². The van der Waals surface area contributed by atoms with E-state index < -0.39 is 10.0 Å². The molecule has 2 fully saturated rings. The van der Waals surface area contributed by atoms with Gasteiger partial charge in [-0.1, -0.05) is 42.5 Å². The molecule has 1 amide bonds. The van der Waals surface area contributed by atoms with Gasteiger partial charge in [-0.25, -0.2) is 8.42 Å². The lowest BCUT2D eigenvalue weighted by Gasteiger charge is -2.33. The number of hydrogen-bond donors (Lipinski definition) is 1. The third-order valence-electron chi connectivity index (χ3n) is 6.79. The minimum absolute atomic E-state index is 0.0422. The van der Waals surface area contributed by atoms with Crippen LogP contribution in [0.25, 0.3) is 0 Å². The van der Waals surface area contributed by atoms with Gasteiger partial charge in [0.2, 0.25) is 15.9 Å². The SMILES string of the molecule is N#Cc1ccccc1S(=O)(=O)N1CCC(C(=O)NC2CCC(c3ccccc3)CC2)CC1. The number of carbonyl (C=O) groups is 1. The third-order valence-corrected chi connectivity index (χ3v) is 8.75. The molecule has 1 saturated heterocycles. The monoisotopic (exact) mass is 451 g/mol. The number of hydrogen-bond acceptors (Lipinski definition) is 4. The van der Waals surface area contributed by atoms with Crippen LogP contribution < -0.4 is 5.32 Å². The number of amides is 1. The molecule has 0 unspecified atom stereocenters. The molecule has 1 heterocycles. The van der Waals surface area contributed by atoms with Crippen molar-refractivity contribution in [1.29, 1.82) is 5.26 Å². The molecule has 168 valence electrons. The number of rotatable bonds is 5. The highest BCUT2D eigenvalue weighted by Gasteiger charge is 2.34. The van der Waals surface area contributed by atoms with Gasteiger partial charge in [-0.2, -0.15) is 9.57 Å².